The molecule has 0 unspecified atom stereocenters. The zero-order valence-electron chi connectivity index (χ0n) is 12.6. The first-order chi connectivity index (χ1) is 9.73. The summed E-state index contributed by atoms with van der Waals surface area (Å²) >= 11 is 0. The van der Waals surface area contributed by atoms with Gasteiger partial charge in [0.15, 0.2) is 0 Å². The van der Waals surface area contributed by atoms with Crippen LogP contribution in [0.1, 0.15) is 29.5 Å². The van der Waals surface area contributed by atoms with Crippen molar-refractivity contribution in [1.29, 1.82) is 0 Å². The van der Waals surface area contributed by atoms with E-state index in [4.69, 9.17) is 5.11 Å². The average molecular weight is 311 g/mol. The highest BCUT2D eigenvalue weighted by atomic mass is 32.2. The molecule has 1 fully saturated rings. The Morgan fingerprint density at radius 2 is 1.62 bits per heavy atom. The van der Waals surface area contributed by atoms with Crippen LogP contribution >= 0.6 is 0 Å². The van der Waals surface area contributed by atoms with Crippen LogP contribution in [0.5, 0.6) is 0 Å². The maximum atomic E-state index is 12.8. The van der Waals surface area contributed by atoms with Gasteiger partial charge in [-0.3, -0.25) is 4.79 Å². The van der Waals surface area contributed by atoms with Gasteiger partial charge in [-0.25, -0.2) is 8.42 Å². The maximum Gasteiger partial charge on any atom is 0.306 e. The van der Waals surface area contributed by atoms with E-state index in [0.717, 1.165) is 16.7 Å². The fourth-order valence-corrected chi connectivity index (χ4v) is 4.93. The Labute approximate surface area is 125 Å². The topological polar surface area (TPSA) is 74.7 Å². The highest BCUT2D eigenvalue weighted by molar-refractivity contribution is 7.89. The molecule has 1 aromatic carbocycles. The molecule has 1 heterocycles. The summed E-state index contributed by atoms with van der Waals surface area (Å²) in [5.74, 6) is -1.27. The first-order valence-corrected chi connectivity index (χ1v) is 8.48. The first-order valence-electron chi connectivity index (χ1n) is 7.04. The van der Waals surface area contributed by atoms with Crippen LogP contribution in [-0.2, 0) is 14.8 Å². The number of nitrogens with zero attached hydrogens (tertiary/aromatic N) is 1. The lowest BCUT2D eigenvalue weighted by molar-refractivity contribution is -0.142. The standard InChI is InChI=1S/C15H21NO4S/c1-10-8-11(2)14(12(3)9-10)21(19,20)16-6-4-13(5-7-16)15(17)18/h8-9,13H,4-7H2,1-3H3,(H,17,18). The summed E-state index contributed by atoms with van der Waals surface area (Å²) in [6, 6.07) is 3.73. The summed E-state index contributed by atoms with van der Waals surface area (Å²) < 4.78 is 27.0. The predicted octanol–water partition coefficient (Wildman–Crippen LogP) is 2.10. The second kappa shape index (κ2) is 5.77. The second-order valence-electron chi connectivity index (χ2n) is 5.74. The molecule has 5 nitrogen and oxygen atoms in total. The fourth-order valence-electron chi connectivity index (χ4n) is 3.05. The lowest BCUT2D eigenvalue weighted by Gasteiger charge is -2.30. The average Bonchev–Trinajstić information content (AvgIpc) is 2.37. The van der Waals surface area contributed by atoms with Crippen molar-refractivity contribution in [2.24, 2.45) is 5.92 Å². The zero-order chi connectivity index (χ0) is 15.8. The first kappa shape index (κ1) is 16.0. The van der Waals surface area contributed by atoms with Crippen LogP contribution in [0.25, 0.3) is 0 Å². The molecule has 116 valence electrons. The number of sulfonamides is 1. The fraction of sp³-hybridized carbons (Fsp3) is 0.533. The van der Waals surface area contributed by atoms with Crippen molar-refractivity contribution in [2.75, 3.05) is 13.1 Å². The Morgan fingerprint density at radius 1 is 1.14 bits per heavy atom. The molecule has 0 aliphatic carbocycles. The van der Waals surface area contributed by atoms with Crippen LogP contribution in [0.2, 0.25) is 0 Å². The molecule has 1 N–H and O–H groups in total. The minimum atomic E-state index is -3.55. The van der Waals surface area contributed by atoms with Gasteiger partial charge in [0.05, 0.1) is 10.8 Å². The smallest absolute Gasteiger partial charge is 0.306 e. The summed E-state index contributed by atoms with van der Waals surface area (Å²) in [5, 5.41) is 9.00. The van der Waals surface area contributed by atoms with Crippen molar-refractivity contribution in [3.8, 4) is 0 Å². The van der Waals surface area contributed by atoms with Crippen LogP contribution in [0, 0.1) is 26.7 Å². The SMILES string of the molecule is Cc1cc(C)c(S(=O)(=O)N2CCC(C(=O)O)CC2)c(C)c1. The summed E-state index contributed by atoms with van der Waals surface area (Å²) in [6.07, 6.45) is 0.747. The molecule has 2 rings (SSSR count). The van der Waals surface area contributed by atoms with Crippen LogP contribution in [0.15, 0.2) is 17.0 Å². The van der Waals surface area contributed by atoms with E-state index < -0.39 is 21.9 Å². The Morgan fingerprint density at radius 3 is 2.05 bits per heavy atom. The highest BCUT2D eigenvalue weighted by Gasteiger charge is 2.33. The molecule has 1 aliphatic rings. The number of piperidine rings is 1. The van der Waals surface area contributed by atoms with Crippen LogP contribution in [0.4, 0.5) is 0 Å². The molecule has 0 bridgehead atoms. The molecule has 1 aliphatic heterocycles. The molecular formula is C15H21NO4S. The van der Waals surface area contributed by atoms with Crippen LogP contribution < -0.4 is 0 Å². The molecule has 21 heavy (non-hydrogen) atoms. The molecule has 1 saturated heterocycles. The maximum absolute atomic E-state index is 12.8. The third-order valence-electron chi connectivity index (χ3n) is 4.01. The normalized spacial score (nSPS) is 17.9. The van der Waals surface area contributed by atoms with Gasteiger partial charge in [0.25, 0.3) is 0 Å². The molecule has 1 aromatic rings. The summed E-state index contributed by atoms with van der Waals surface area (Å²) in [5.41, 5.74) is 2.52. The monoisotopic (exact) mass is 311 g/mol. The van der Waals surface area contributed by atoms with Crippen molar-refractivity contribution in [3.05, 3.63) is 28.8 Å². The second-order valence-corrected chi connectivity index (χ2v) is 7.62. The van der Waals surface area contributed by atoms with Gasteiger partial charge in [0.2, 0.25) is 10.0 Å². The van der Waals surface area contributed by atoms with E-state index in [1.165, 1.54) is 4.31 Å². The van der Waals surface area contributed by atoms with Gasteiger partial charge < -0.3 is 5.11 Å². The molecule has 0 radical (unpaired) electrons. The van der Waals surface area contributed by atoms with Crippen molar-refractivity contribution in [2.45, 2.75) is 38.5 Å². The van der Waals surface area contributed by atoms with Crippen molar-refractivity contribution < 1.29 is 18.3 Å². The van der Waals surface area contributed by atoms with Crippen LogP contribution in [-0.4, -0.2) is 36.9 Å². The van der Waals surface area contributed by atoms with Gasteiger partial charge in [0, 0.05) is 13.1 Å². The molecule has 6 heteroatoms. The minimum absolute atomic E-state index is 0.270. The number of carbonyl (C=O) groups is 1. The Hall–Kier alpha value is -1.40. The number of aliphatic carboxylic acids is 1. The third-order valence-corrected chi connectivity index (χ3v) is 6.21. The van der Waals surface area contributed by atoms with Gasteiger partial charge in [-0.2, -0.15) is 4.31 Å². The van der Waals surface area contributed by atoms with E-state index >= 15 is 0 Å². The van der Waals surface area contributed by atoms with Gasteiger partial charge >= 0.3 is 5.97 Å². The van der Waals surface area contributed by atoms with E-state index in [9.17, 15) is 13.2 Å². The summed E-state index contributed by atoms with van der Waals surface area (Å²) in [7, 11) is -3.55. The third kappa shape index (κ3) is 3.11. The number of hydrogen-bond donors (Lipinski definition) is 1. The summed E-state index contributed by atoms with van der Waals surface area (Å²) in [6.45, 7) is 6.08. The molecule has 0 spiro atoms. The number of aryl methyl sites for hydroxylation is 3. The quantitative estimate of drug-likeness (QED) is 0.927. The van der Waals surface area contributed by atoms with Crippen molar-refractivity contribution in [3.63, 3.8) is 0 Å². The lowest BCUT2D eigenvalue weighted by atomic mass is 9.99. The molecule has 0 atom stereocenters. The Bertz CT molecular complexity index is 635. The number of benzene rings is 1. The number of carboxylic acids is 1. The summed E-state index contributed by atoms with van der Waals surface area (Å²) in [4.78, 5) is 11.3. The van der Waals surface area contributed by atoms with E-state index in [0.29, 0.717) is 17.7 Å². The van der Waals surface area contributed by atoms with Crippen molar-refractivity contribution in [1.82, 2.24) is 4.31 Å². The predicted molar refractivity (Wildman–Crippen MR) is 79.8 cm³/mol. The molecule has 0 saturated carbocycles. The van der Waals surface area contributed by atoms with Crippen molar-refractivity contribution >= 4 is 16.0 Å². The van der Waals surface area contributed by atoms with Crippen LogP contribution in [0.3, 0.4) is 0 Å². The lowest BCUT2D eigenvalue weighted by Crippen LogP contribution is -2.40. The minimum Gasteiger partial charge on any atom is -0.481 e. The van der Waals surface area contributed by atoms with E-state index in [2.05, 4.69) is 0 Å². The highest BCUT2D eigenvalue weighted by Crippen LogP contribution is 2.28. The number of hydrogen-bond acceptors (Lipinski definition) is 3. The molecular weight excluding hydrogens is 290 g/mol. The van der Waals surface area contributed by atoms with Gasteiger partial charge in [-0.1, -0.05) is 17.7 Å². The Balaban J connectivity index is 2.30. The largest absolute Gasteiger partial charge is 0.481 e. The number of rotatable bonds is 3. The van der Waals surface area contributed by atoms with E-state index in [1.54, 1.807) is 13.8 Å². The van der Waals surface area contributed by atoms with Gasteiger partial charge in [-0.05, 0) is 44.7 Å². The molecule has 0 aromatic heterocycles. The molecule has 0 amide bonds. The van der Waals surface area contributed by atoms with E-state index in [1.807, 2.05) is 19.1 Å². The van der Waals surface area contributed by atoms with Gasteiger partial charge in [0.1, 0.15) is 0 Å². The number of carboxylic acid groups (broad SMARTS) is 1. The zero-order valence-corrected chi connectivity index (χ0v) is 13.4. The van der Waals surface area contributed by atoms with Gasteiger partial charge in [-0.15, -0.1) is 0 Å². The van der Waals surface area contributed by atoms with E-state index in [-0.39, 0.29) is 13.1 Å². The Kier molecular flexibility index (Phi) is 4.39.